The number of carbonyl (C=O) groups is 3. The van der Waals surface area contributed by atoms with E-state index in [0.717, 1.165) is 4.90 Å². The third kappa shape index (κ3) is 2.67. The fraction of sp³-hybridized carbons (Fsp3) is 0.381. The summed E-state index contributed by atoms with van der Waals surface area (Å²) in [6.45, 7) is 4.11. The first-order valence-electron chi connectivity index (χ1n) is 10.2. The molecule has 160 valence electrons. The van der Waals surface area contributed by atoms with Crippen LogP contribution in [0.5, 0.6) is 0 Å². The number of anilines is 1. The highest BCUT2D eigenvalue weighted by Crippen LogP contribution is 2.44. The Hall–Kier alpha value is -3.69. The number of carbonyl (C=O) groups excluding carboxylic acids is 3. The molecule has 5 amide bonds. The number of nitrogens with zero attached hydrogens (tertiary/aromatic N) is 4. The monoisotopic (exact) mass is 423 g/mol. The molecule has 2 bridgehead atoms. The Morgan fingerprint density at radius 1 is 1.16 bits per heavy atom. The number of likely N-dealkylation sites (tertiary alicyclic amines) is 1. The number of amides is 5. The molecule has 2 aromatic carbocycles. The molecule has 0 saturated carbocycles. The Balaban J connectivity index is 1.53. The molecule has 0 radical (unpaired) electrons. The van der Waals surface area contributed by atoms with E-state index in [9.17, 15) is 24.5 Å². The van der Waals surface area contributed by atoms with Gasteiger partial charge in [0.2, 0.25) is 0 Å². The van der Waals surface area contributed by atoms with Crippen molar-refractivity contribution >= 4 is 40.1 Å². The van der Waals surface area contributed by atoms with Crippen LogP contribution in [-0.4, -0.2) is 63.4 Å². The van der Waals surface area contributed by atoms with Crippen LogP contribution >= 0.6 is 0 Å². The number of non-ortho nitro benzene ring substituents is 1. The lowest BCUT2D eigenvalue weighted by Crippen LogP contribution is -2.57. The number of nitro benzene ring substituents is 1. The minimum Gasteiger partial charge on any atom is -0.336 e. The maximum absolute atomic E-state index is 13.4. The predicted octanol–water partition coefficient (Wildman–Crippen LogP) is 2.46. The Bertz CT molecular complexity index is 1150. The smallest absolute Gasteiger partial charge is 0.332 e. The number of hydrogen-bond donors (Lipinski definition) is 1. The van der Waals surface area contributed by atoms with Gasteiger partial charge in [0.1, 0.15) is 6.04 Å². The van der Waals surface area contributed by atoms with Gasteiger partial charge in [-0.2, -0.15) is 0 Å². The van der Waals surface area contributed by atoms with E-state index >= 15 is 0 Å². The summed E-state index contributed by atoms with van der Waals surface area (Å²) in [4.78, 5) is 54.5. The van der Waals surface area contributed by atoms with Crippen LogP contribution in [0.15, 0.2) is 36.4 Å². The summed E-state index contributed by atoms with van der Waals surface area (Å²) in [5, 5.41) is 15.1. The van der Waals surface area contributed by atoms with E-state index in [-0.39, 0.29) is 29.8 Å². The Morgan fingerprint density at radius 2 is 1.87 bits per heavy atom. The molecule has 0 aliphatic carbocycles. The largest absolute Gasteiger partial charge is 0.336 e. The van der Waals surface area contributed by atoms with Crippen molar-refractivity contribution in [1.82, 2.24) is 15.1 Å². The summed E-state index contributed by atoms with van der Waals surface area (Å²) in [7, 11) is 0. The van der Waals surface area contributed by atoms with E-state index in [2.05, 4.69) is 5.32 Å². The summed E-state index contributed by atoms with van der Waals surface area (Å²) in [6, 6.07) is 7.37. The van der Waals surface area contributed by atoms with Crippen molar-refractivity contribution in [2.45, 2.75) is 44.4 Å². The van der Waals surface area contributed by atoms with Crippen LogP contribution in [0, 0.1) is 10.1 Å². The average Bonchev–Trinajstić information content (AvgIpc) is 3.38. The molecule has 3 fully saturated rings. The van der Waals surface area contributed by atoms with Gasteiger partial charge in [-0.05, 0) is 32.4 Å². The summed E-state index contributed by atoms with van der Waals surface area (Å²) in [5.41, 5.74) is 0.235. The molecule has 0 aromatic heterocycles. The molecule has 3 saturated heterocycles. The molecule has 3 aliphatic rings. The van der Waals surface area contributed by atoms with E-state index in [0.29, 0.717) is 29.4 Å². The highest BCUT2D eigenvalue weighted by Gasteiger charge is 2.63. The Labute approximate surface area is 177 Å². The molecule has 0 unspecified atom stereocenters. The van der Waals surface area contributed by atoms with Crippen LogP contribution in [-0.2, 0) is 4.79 Å². The Morgan fingerprint density at radius 3 is 2.55 bits per heavy atom. The van der Waals surface area contributed by atoms with Crippen LogP contribution < -0.4 is 10.2 Å². The number of fused-ring (bicyclic) bond motifs is 6. The van der Waals surface area contributed by atoms with Crippen molar-refractivity contribution in [3.8, 4) is 0 Å². The third-order valence-electron chi connectivity index (χ3n) is 6.25. The summed E-state index contributed by atoms with van der Waals surface area (Å²) in [6.07, 6.45) is 0.572. The lowest BCUT2D eigenvalue weighted by atomic mass is 10.0. The van der Waals surface area contributed by atoms with E-state index in [1.54, 1.807) is 34.1 Å². The van der Waals surface area contributed by atoms with Crippen molar-refractivity contribution in [3.05, 3.63) is 46.5 Å². The second-order valence-electron chi connectivity index (χ2n) is 8.43. The summed E-state index contributed by atoms with van der Waals surface area (Å²) in [5.74, 6) is -0.404. The van der Waals surface area contributed by atoms with Gasteiger partial charge in [0.05, 0.1) is 28.1 Å². The molecule has 5 rings (SSSR count). The minimum absolute atomic E-state index is 0.0355. The fourth-order valence-electron chi connectivity index (χ4n) is 5.06. The molecule has 1 N–H and O–H groups in total. The molecule has 10 nitrogen and oxygen atoms in total. The fourth-order valence-corrected chi connectivity index (χ4v) is 5.06. The molecule has 2 aromatic rings. The summed E-state index contributed by atoms with van der Waals surface area (Å²) >= 11 is 0. The van der Waals surface area contributed by atoms with E-state index in [1.807, 2.05) is 13.8 Å². The molecule has 10 heteroatoms. The van der Waals surface area contributed by atoms with Crippen LogP contribution in [0.2, 0.25) is 0 Å². The zero-order valence-corrected chi connectivity index (χ0v) is 17.0. The maximum Gasteiger partial charge on any atom is 0.332 e. The van der Waals surface area contributed by atoms with Crippen molar-refractivity contribution in [1.29, 1.82) is 0 Å². The normalized spacial score (nSPS) is 24.5. The van der Waals surface area contributed by atoms with Gasteiger partial charge in [-0.1, -0.05) is 18.2 Å². The first-order valence-corrected chi connectivity index (χ1v) is 10.2. The predicted molar refractivity (Wildman–Crippen MR) is 112 cm³/mol. The second kappa shape index (κ2) is 6.66. The van der Waals surface area contributed by atoms with E-state index in [4.69, 9.17) is 0 Å². The molecule has 31 heavy (non-hydrogen) atoms. The molecular formula is C21H21N5O5. The number of hydrogen-bond acceptors (Lipinski definition) is 5. The summed E-state index contributed by atoms with van der Waals surface area (Å²) < 4.78 is 0. The van der Waals surface area contributed by atoms with Gasteiger partial charge >= 0.3 is 12.1 Å². The van der Waals surface area contributed by atoms with E-state index < -0.39 is 22.9 Å². The zero-order chi connectivity index (χ0) is 22.0. The average molecular weight is 423 g/mol. The molecular weight excluding hydrogens is 402 g/mol. The molecule has 3 aliphatic heterocycles. The highest BCUT2D eigenvalue weighted by molar-refractivity contribution is 6.25. The SMILES string of the molecule is CC(C)NC(=O)N1C[C@@H]2C[C@H]1[C@@H]1C(=O)N(c3ccc([N+](=O)[O-])c4ccccc34)C(=O)N21. The minimum atomic E-state index is -0.738. The van der Waals surface area contributed by atoms with Crippen LogP contribution in [0.1, 0.15) is 20.3 Å². The van der Waals surface area contributed by atoms with Gasteiger partial charge in [-0.25, -0.2) is 14.5 Å². The zero-order valence-electron chi connectivity index (χ0n) is 17.0. The maximum atomic E-state index is 13.4. The number of nitrogens with one attached hydrogen (secondary N) is 1. The van der Waals surface area contributed by atoms with Gasteiger partial charge in [0, 0.05) is 24.0 Å². The van der Waals surface area contributed by atoms with Gasteiger partial charge in [0.25, 0.3) is 11.6 Å². The number of piperazine rings is 1. The molecule has 0 spiro atoms. The number of urea groups is 2. The lowest BCUT2D eigenvalue weighted by molar-refractivity contribution is -0.383. The van der Waals surface area contributed by atoms with Crippen molar-refractivity contribution in [3.63, 3.8) is 0 Å². The second-order valence-corrected chi connectivity index (χ2v) is 8.43. The number of benzene rings is 2. The first-order chi connectivity index (χ1) is 14.8. The van der Waals surface area contributed by atoms with Crippen LogP contribution in [0.3, 0.4) is 0 Å². The first kappa shape index (κ1) is 19.3. The number of imide groups is 1. The standard InChI is InChI=1S/C21H21N5O5/c1-11(2)22-20(28)23-10-12-9-17(23)18-19(27)25(21(29)24(12)18)15-7-8-16(26(30)31)14-6-4-3-5-13(14)15/h3-8,11-12,17-18H,9-10H2,1-2H3,(H,22,28)/t12-,17-,18+/m0/s1. The van der Waals surface area contributed by atoms with E-state index in [1.165, 1.54) is 12.1 Å². The molecule has 3 atom stereocenters. The van der Waals surface area contributed by atoms with Gasteiger partial charge in [0.15, 0.2) is 0 Å². The molecule has 3 heterocycles. The quantitative estimate of drug-likeness (QED) is 0.462. The van der Waals surface area contributed by atoms with Gasteiger partial charge in [-0.15, -0.1) is 0 Å². The van der Waals surface area contributed by atoms with Crippen molar-refractivity contribution in [2.75, 3.05) is 11.4 Å². The van der Waals surface area contributed by atoms with Crippen LogP contribution in [0.4, 0.5) is 21.0 Å². The third-order valence-corrected chi connectivity index (χ3v) is 6.25. The van der Waals surface area contributed by atoms with Crippen molar-refractivity contribution < 1.29 is 19.3 Å². The van der Waals surface area contributed by atoms with Crippen molar-refractivity contribution in [2.24, 2.45) is 0 Å². The van der Waals surface area contributed by atoms with Gasteiger partial charge in [-0.3, -0.25) is 14.9 Å². The van der Waals surface area contributed by atoms with Gasteiger partial charge < -0.3 is 15.1 Å². The number of rotatable bonds is 3. The number of nitro groups is 1. The lowest BCUT2D eigenvalue weighted by Gasteiger charge is -2.35. The topological polar surface area (TPSA) is 116 Å². The highest BCUT2D eigenvalue weighted by atomic mass is 16.6. The van der Waals surface area contributed by atoms with Crippen LogP contribution in [0.25, 0.3) is 10.8 Å². The Kier molecular flexibility index (Phi) is 4.14.